The van der Waals surface area contributed by atoms with Gasteiger partial charge in [-0.2, -0.15) is 18.3 Å². The van der Waals surface area contributed by atoms with Crippen LogP contribution in [-0.4, -0.2) is 76.5 Å². The number of pyridine rings is 1. The second-order valence-electron chi connectivity index (χ2n) is 9.31. The lowest BCUT2D eigenvalue weighted by atomic mass is 9.63. The van der Waals surface area contributed by atoms with E-state index < -0.39 is 36.7 Å². The largest absolute Gasteiger partial charge is 0.474 e. The monoisotopic (exact) mass is 501 g/mol. The molecule has 0 radical (unpaired) electrons. The van der Waals surface area contributed by atoms with Gasteiger partial charge in [-0.05, 0) is 17.7 Å². The molecule has 1 saturated carbocycles. The maximum absolute atomic E-state index is 13.6. The Morgan fingerprint density at radius 3 is 2.83 bits per heavy atom. The Morgan fingerprint density at radius 2 is 2.03 bits per heavy atom. The number of benzene rings is 1. The maximum atomic E-state index is 13.6. The molecule has 3 aliphatic rings. The van der Waals surface area contributed by atoms with Crippen molar-refractivity contribution < 1.29 is 32.2 Å². The standard InChI is InChI=1S/C24H22F3N5O4/c25-24(26,27)19-13-35-8-7-31(19)21(33)12-32-18-4-2-1-3-15(18)23(22(32)34)9-14(10-23)36-20-6-5-16-17(29-20)11-28-30-16/h1-6,11,14,19H,7-10,12-13H2,(H,28,30)/t14?,19-,23?/m1/s1. The zero-order valence-electron chi connectivity index (χ0n) is 19.0. The number of rotatable bonds is 4. The summed E-state index contributed by atoms with van der Waals surface area (Å²) in [7, 11) is 0. The second kappa shape index (κ2) is 8.19. The number of carbonyl (C=O) groups excluding carboxylic acids is 2. The molecule has 0 unspecified atom stereocenters. The quantitative estimate of drug-likeness (QED) is 0.590. The van der Waals surface area contributed by atoms with Crippen LogP contribution in [0, 0.1) is 0 Å². The van der Waals surface area contributed by atoms with Gasteiger partial charge in [0.1, 0.15) is 18.2 Å². The molecule has 1 aromatic carbocycles. The topological polar surface area (TPSA) is 101 Å². The number of alkyl halides is 3. The molecule has 1 aliphatic carbocycles. The first kappa shape index (κ1) is 22.8. The van der Waals surface area contributed by atoms with E-state index in [1.807, 2.05) is 18.2 Å². The highest BCUT2D eigenvalue weighted by atomic mass is 19.4. The molecule has 1 N–H and O–H groups in total. The summed E-state index contributed by atoms with van der Waals surface area (Å²) in [5, 5.41) is 6.76. The fourth-order valence-corrected chi connectivity index (χ4v) is 5.40. The lowest BCUT2D eigenvalue weighted by Crippen LogP contribution is -2.59. The SMILES string of the molecule is O=C(CN1C(=O)C2(CC(Oc3ccc4[nH]ncc4n3)C2)c2ccccc21)N1CCOC[C@@H]1C(F)(F)F. The van der Waals surface area contributed by atoms with Crippen molar-refractivity contribution in [1.82, 2.24) is 20.1 Å². The number of aromatic nitrogens is 3. The van der Waals surface area contributed by atoms with E-state index in [2.05, 4.69) is 15.2 Å². The predicted molar refractivity (Wildman–Crippen MR) is 120 cm³/mol. The number of anilines is 1. The van der Waals surface area contributed by atoms with Crippen molar-refractivity contribution in [3.05, 3.63) is 48.2 Å². The summed E-state index contributed by atoms with van der Waals surface area (Å²) < 4.78 is 51.4. The first-order valence-electron chi connectivity index (χ1n) is 11.6. The van der Waals surface area contributed by atoms with Gasteiger partial charge in [0.25, 0.3) is 0 Å². The van der Waals surface area contributed by atoms with Crippen LogP contribution in [-0.2, 0) is 19.7 Å². The number of nitrogens with one attached hydrogen (secondary N) is 1. The van der Waals surface area contributed by atoms with E-state index in [0.29, 0.717) is 29.9 Å². The number of carbonyl (C=O) groups is 2. The van der Waals surface area contributed by atoms with Gasteiger partial charge in [0.05, 0.1) is 30.3 Å². The number of halogens is 3. The lowest BCUT2D eigenvalue weighted by molar-refractivity contribution is -0.213. The smallest absolute Gasteiger partial charge is 0.411 e. The molecule has 2 aromatic heterocycles. The number of amides is 2. The van der Waals surface area contributed by atoms with Crippen LogP contribution in [0.1, 0.15) is 18.4 Å². The van der Waals surface area contributed by atoms with Crippen molar-refractivity contribution in [1.29, 1.82) is 0 Å². The fourth-order valence-electron chi connectivity index (χ4n) is 5.40. The first-order chi connectivity index (χ1) is 17.3. The van der Waals surface area contributed by atoms with Crippen molar-refractivity contribution in [2.75, 3.05) is 31.2 Å². The minimum absolute atomic E-state index is 0.0183. The Hall–Kier alpha value is -3.67. The minimum atomic E-state index is -4.61. The normalized spacial score (nSPS) is 25.8. The summed E-state index contributed by atoms with van der Waals surface area (Å²) in [4.78, 5) is 33.1. The number of nitrogens with zero attached hydrogens (tertiary/aromatic N) is 4. The molecule has 2 amide bonds. The molecule has 9 nitrogen and oxygen atoms in total. The van der Waals surface area contributed by atoms with Gasteiger partial charge in [-0.1, -0.05) is 18.2 Å². The van der Waals surface area contributed by atoms with E-state index in [1.165, 1.54) is 4.90 Å². The Bertz CT molecular complexity index is 1340. The van der Waals surface area contributed by atoms with Crippen LogP contribution in [0.3, 0.4) is 0 Å². The number of hydrogen-bond acceptors (Lipinski definition) is 6. The molecule has 1 spiro atoms. The molecule has 36 heavy (non-hydrogen) atoms. The number of aromatic amines is 1. The number of hydrogen-bond donors (Lipinski definition) is 1. The van der Waals surface area contributed by atoms with Crippen LogP contribution in [0.15, 0.2) is 42.6 Å². The summed E-state index contributed by atoms with van der Waals surface area (Å²) in [5.41, 5.74) is 1.86. The Morgan fingerprint density at radius 1 is 1.22 bits per heavy atom. The number of para-hydroxylation sites is 1. The Balaban J connectivity index is 1.20. The molecule has 1 atom stereocenters. The third-order valence-electron chi connectivity index (χ3n) is 7.20. The van der Waals surface area contributed by atoms with Crippen molar-refractivity contribution in [2.24, 2.45) is 0 Å². The second-order valence-corrected chi connectivity index (χ2v) is 9.31. The number of ether oxygens (including phenoxy) is 2. The predicted octanol–water partition coefficient (Wildman–Crippen LogP) is 2.57. The zero-order valence-corrected chi connectivity index (χ0v) is 19.0. The number of H-pyrrole nitrogens is 1. The van der Waals surface area contributed by atoms with Crippen LogP contribution in [0.25, 0.3) is 11.0 Å². The summed E-state index contributed by atoms with van der Waals surface area (Å²) in [5.74, 6) is -0.641. The summed E-state index contributed by atoms with van der Waals surface area (Å²) in [6.07, 6.45) is -2.55. The van der Waals surface area contributed by atoms with Crippen molar-refractivity contribution >= 4 is 28.5 Å². The molecule has 2 aliphatic heterocycles. The molecule has 188 valence electrons. The van der Waals surface area contributed by atoms with Crippen molar-refractivity contribution in [3.63, 3.8) is 0 Å². The van der Waals surface area contributed by atoms with Gasteiger partial charge in [-0.3, -0.25) is 14.7 Å². The third kappa shape index (κ3) is 3.58. The van der Waals surface area contributed by atoms with Gasteiger partial charge in [-0.15, -0.1) is 0 Å². The molecule has 4 heterocycles. The Labute approximate surface area is 203 Å². The van der Waals surface area contributed by atoms with Crippen LogP contribution >= 0.6 is 0 Å². The average Bonchev–Trinajstić information content (AvgIpc) is 3.40. The van der Waals surface area contributed by atoms with Crippen LogP contribution < -0.4 is 9.64 Å². The highest BCUT2D eigenvalue weighted by molar-refractivity contribution is 6.11. The molecule has 12 heteroatoms. The van der Waals surface area contributed by atoms with Gasteiger partial charge in [0.2, 0.25) is 17.7 Å². The average molecular weight is 501 g/mol. The fraction of sp³-hybridized carbons (Fsp3) is 0.417. The summed E-state index contributed by atoms with van der Waals surface area (Å²) in [6.45, 7) is -1.23. The number of fused-ring (bicyclic) bond motifs is 3. The summed E-state index contributed by atoms with van der Waals surface area (Å²) in [6, 6.07) is 8.61. The third-order valence-corrected chi connectivity index (χ3v) is 7.20. The van der Waals surface area contributed by atoms with E-state index in [4.69, 9.17) is 9.47 Å². The zero-order chi connectivity index (χ0) is 25.1. The van der Waals surface area contributed by atoms with Crippen LogP contribution in [0.4, 0.5) is 18.9 Å². The Kier molecular flexibility index (Phi) is 5.18. The van der Waals surface area contributed by atoms with Gasteiger partial charge in [-0.25, -0.2) is 4.98 Å². The van der Waals surface area contributed by atoms with E-state index in [-0.39, 0.29) is 25.2 Å². The van der Waals surface area contributed by atoms with E-state index in [0.717, 1.165) is 16.0 Å². The lowest BCUT2D eigenvalue weighted by Gasteiger charge is -2.43. The molecular weight excluding hydrogens is 479 g/mol. The molecular formula is C24H22F3N5O4. The molecule has 1 saturated heterocycles. The maximum Gasteiger partial charge on any atom is 0.411 e. The van der Waals surface area contributed by atoms with Gasteiger partial charge in [0, 0.05) is 31.1 Å². The van der Waals surface area contributed by atoms with Crippen molar-refractivity contribution in [2.45, 2.75) is 36.6 Å². The van der Waals surface area contributed by atoms with E-state index >= 15 is 0 Å². The van der Waals surface area contributed by atoms with Gasteiger partial charge < -0.3 is 19.3 Å². The van der Waals surface area contributed by atoms with Gasteiger partial charge in [0.15, 0.2) is 6.04 Å². The highest BCUT2D eigenvalue weighted by Crippen LogP contribution is 2.54. The molecule has 0 bridgehead atoms. The molecule has 3 aromatic rings. The number of morpholine rings is 1. The van der Waals surface area contributed by atoms with E-state index in [9.17, 15) is 22.8 Å². The van der Waals surface area contributed by atoms with Crippen molar-refractivity contribution in [3.8, 4) is 5.88 Å². The van der Waals surface area contributed by atoms with Gasteiger partial charge >= 0.3 is 6.18 Å². The van der Waals surface area contributed by atoms with Crippen LogP contribution in [0.5, 0.6) is 5.88 Å². The molecule has 2 fully saturated rings. The van der Waals surface area contributed by atoms with E-state index in [1.54, 1.807) is 24.4 Å². The summed E-state index contributed by atoms with van der Waals surface area (Å²) >= 11 is 0. The molecule has 6 rings (SSSR count). The first-order valence-corrected chi connectivity index (χ1v) is 11.6. The minimum Gasteiger partial charge on any atom is -0.474 e. The highest BCUT2D eigenvalue weighted by Gasteiger charge is 2.60. The van der Waals surface area contributed by atoms with Crippen LogP contribution in [0.2, 0.25) is 0 Å².